The van der Waals surface area contributed by atoms with Crippen molar-refractivity contribution in [3.63, 3.8) is 0 Å². The van der Waals surface area contributed by atoms with Crippen LogP contribution in [0.1, 0.15) is 49.1 Å². The van der Waals surface area contributed by atoms with Crippen molar-refractivity contribution >= 4 is 18.0 Å². The summed E-state index contributed by atoms with van der Waals surface area (Å²) >= 11 is 0. The van der Waals surface area contributed by atoms with Crippen molar-refractivity contribution in [1.82, 2.24) is 10.6 Å². The summed E-state index contributed by atoms with van der Waals surface area (Å²) in [6.07, 6.45) is 2.33. The Morgan fingerprint density at radius 3 is 2.16 bits per heavy atom. The lowest BCUT2D eigenvalue weighted by Crippen LogP contribution is -2.34. The van der Waals surface area contributed by atoms with Crippen LogP contribution in [0.25, 0.3) is 11.1 Å². The fourth-order valence-corrected chi connectivity index (χ4v) is 4.22. The van der Waals surface area contributed by atoms with Gasteiger partial charge in [-0.25, -0.2) is 4.79 Å². The number of carbonyl (C=O) groups is 3. The number of alkyl carbamates (subject to hydrolysis) is 1. The first kappa shape index (κ1) is 21.9. The highest BCUT2D eigenvalue weighted by molar-refractivity contribution is 5.81. The fourth-order valence-electron chi connectivity index (χ4n) is 4.22. The van der Waals surface area contributed by atoms with Crippen LogP contribution in [0.4, 0.5) is 4.79 Å². The summed E-state index contributed by atoms with van der Waals surface area (Å²) < 4.78 is 5.49. The Labute approximate surface area is 187 Å². The van der Waals surface area contributed by atoms with Crippen LogP contribution in [-0.2, 0) is 14.3 Å². The molecule has 2 aromatic carbocycles. The Morgan fingerprint density at radius 1 is 0.938 bits per heavy atom. The minimum absolute atomic E-state index is 0.0254. The summed E-state index contributed by atoms with van der Waals surface area (Å²) in [5.41, 5.74) is 3.96. The van der Waals surface area contributed by atoms with Crippen molar-refractivity contribution in [2.45, 2.75) is 38.0 Å². The third kappa shape index (κ3) is 4.77. The summed E-state index contributed by atoms with van der Waals surface area (Å²) in [7, 11) is 0. The molecule has 4 rings (SSSR count). The Bertz CT molecular complexity index is 969. The topological polar surface area (TPSA) is 105 Å². The summed E-state index contributed by atoms with van der Waals surface area (Å²) in [6, 6.07) is 16.4. The molecule has 0 bridgehead atoms. The zero-order valence-corrected chi connectivity index (χ0v) is 17.9. The van der Waals surface area contributed by atoms with E-state index in [0.29, 0.717) is 38.6 Å². The molecular weight excluding hydrogens is 408 g/mol. The lowest BCUT2D eigenvalue weighted by atomic mass is 9.98. The number of carbonyl (C=O) groups excluding carboxylic acids is 2. The van der Waals surface area contributed by atoms with Gasteiger partial charge in [-0.15, -0.1) is 0 Å². The van der Waals surface area contributed by atoms with Crippen LogP contribution in [0.5, 0.6) is 0 Å². The molecule has 2 aliphatic carbocycles. The smallest absolute Gasteiger partial charge is 0.407 e. The van der Waals surface area contributed by atoms with Gasteiger partial charge in [0.05, 0.1) is 5.41 Å². The van der Waals surface area contributed by atoms with Crippen molar-refractivity contribution < 1.29 is 24.2 Å². The molecule has 2 aliphatic rings. The molecule has 2 amide bonds. The molecule has 168 valence electrons. The predicted molar refractivity (Wildman–Crippen MR) is 119 cm³/mol. The number of carboxylic acid groups (broad SMARTS) is 1. The van der Waals surface area contributed by atoms with E-state index in [1.165, 1.54) is 22.3 Å². The quantitative estimate of drug-likeness (QED) is 0.493. The van der Waals surface area contributed by atoms with E-state index >= 15 is 0 Å². The van der Waals surface area contributed by atoms with Crippen molar-refractivity contribution in [2.24, 2.45) is 5.41 Å². The third-order valence-electron chi connectivity index (χ3n) is 6.37. The molecule has 0 aliphatic heterocycles. The maximum atomic E-state index is 12.1. The molecule has 0 aromatic heterocycles. The average Bonchev–Trinajstić information content (AvgIpc) is 3.53. The van der Waals surface area contributed by atoms with Crippen LogP contribution in [0.2, 0.25) is 0 Å². The molecular formula is C25H28N2O5. The van der Waals surface area contributed by atoms with Crippen LogP contribution >= 0.6 is 0 Å². The Balaban J connectivity index is 1.14. The molecule has 1 saturated carbocycles. The van der Waals surface area contributed by atoms with Gasteiger partial charge in [-0.05, 0) is 47.9 Å². The minimum atomic E-state index is -0.843. The van der Waals surface area contributed by atoms with E-state index in [-0.39, 0.29) is 25.0 Å². The van der Waals surface area contributed by atoms with Crippen molar-refractivity contribution in [3.8, 4) is 11.1 Å². The first-order valence-electron chi connectivity index (χ1n) is 11.1. The van der Waals surface area contributed by atoms with Gasteiger partial charge in [0.1, 0.15) is 6.61 Å². The van der Waals surface area contributed by atoms with E-state index in [9.17, 15) is 14.4 Å². The summed E-state index contributed by atoms with van der Waals surface area (Å²) in [4.78, 5) is 35.1. The largest absolute Gasteiger partial charge is 0.481 e. The molecule has 0 heterocycles. The molecule has 0 atom stereocenters. The zero-order chi connectivity index (χ0) is 22.6. The van der Waals surface area contributed by atoms with E-state index in [0.717, 1.165) is 0 Å². The van der Waals surface area contributed by atoms with Gasteiger partial charge in [0.25, 0.3) is 0 Å². The number of nitrogens with one attached hydrogen (secondary N) is 2. The van der Waals surface area contributed by atoms with Gasteiger partial charge in [-0.2, -0.15) is 0 Å². The van der Waals surface area contributed by atoms with E-state index in [1.54, 1.807) is 0 Å². The number of rotatable bonds is 10. The predicted octanol–water partition coefficient (Wildman–Crippen LogP) is 3.68. The zero-order valence-electron chi connectivity index (χ0n) is 17.9. The van der Waals surface area contributed by atoms with Crippen molar-refractivity contribution in [1.29, 1.82) is 0 Å². The number of ether oxygens (including phenoxy) is 1. The normalized spacial score (nSPS) is 15.4. The molecule has 7 nitrogen and oxygen atoms in total. The second kappa shape index (κ2) is 9.42. The number of hydrogen-bond donors (Lipinski definition) is 3. The first-order valence-corrected chi connectivity index (χ1v) is 11.1. The molecule has 7 heteroatoms. The van der Waals surface area contributed by atoms with E-state index in [4.69, 9.17) is 9.84 Å². The summed E-state index contributed by atoms with van der Waals surface area (Å²) in [5.74, 6) is -0.971. The second-order valence-corrected chi connectivity index (χ2v) is 8.57. The summed E-state index contributed by atoms with van der Waals surface area (Å²) in [5, 5.41) is 14.6. The number of fused-ring (bicyclic) bond motifs is 3. The van der Waals surface area contributed by atoms with Crippen LogP contribution < -0.4 is 10.6 Å². The molecule has 2 aromatic rings. The first-order chi connectivity index (χ1) is 15.5. The molecule has 0 saturated heterocycles. The van der Waals surface area contributed by atoms with Crippen LogP contribution in [0.15, 0.2) is 48.5 Å². The molecule has 32 heavy (non-hydrogen) atoms. The maximum Gasteiger partial charge on any atom is 0.407 e. The molecule has 0 spiro atoms. The lowest BCUT2D eigenvalue weighted by molar-refractivity contribution is -0.143. The van der Waals surface area contributed by atoms with Gasteiger partial charge < -0.3 is 20.5 Å². The van der Waals surface area contributed by atoms with Gasteiger partial charge in [-0.3, -0.25) is 9.59 Å². The van der Waals surface area contributed by atoms with E-state index < -0.39 is 17.5 Å². The van der Waals surface area contributed by atoms with Gasteiger partial charge in [-0.1, -0.05) is 48.5 Å². The molecule has 0 radical (unpaired) electrons. The van der Waals surface area contributed by atoms with Crippen LogP contribution in [-0.4, -0.2) is 42.8 Å². The maximum absolute atomic E-state index is 12.1. The minimum Gasteiger partial charge on any atom is -0.481 e. The molecule has 1 fully saturated rings. The Hall–Kier alpha value is -3.35. The lowest BCUT2D eigenvalue weighted by Gasteiger charge is -2.14. The van der Waals surface area contributed by atoms with Crippen molar-refractivity contribution in [3.05, 3.63) is 59.7 Å². The van der Waals surface area contributed by atoms with Gasteiger partial charge in [0.2, 0.25) is 5.91 Å². The number of carboxylic acids is 1. The highest BCUT2D eigenvalue weighted by Crippen LogP contribution is 2.45. The Morgan fingerprint density at radius 2 is 1.56 bits per heavy atom. The Kier molecular flexibility index (Phi) is 6.44. The van der Waals surface area contributed by atoms with Crippen LogP contribution in [0.3, 0.4) is 0 Å². The van der Waals surface area contributed by atoms with Gasteiger partial charge in [0, 0.05) is 25.4 Å². The van der Waals surface area contributed by atoms with Gasteiger partial charge >= 0.3 is 12.1 Å². The number of aliphatic carboxylic acids is 1. The molecule has 0 unspecified atom stereocenters. The number of benzene rings is 2. The number of amides is 2. The van der Waals surface area contributed by atoms with E-state index in [1.807, 2.05) is 24.3 Å². The second-order valence-electron chi connectivity index (χ2n) is 8.57. The van der Waals surface area contributed by atoms with Gasteiger partial charge in [0.15, 0.2) is 0 Å². The average molecular weight is 437 g/mol. The highest BCUT2D eigenvalue weighted by atomic mass is 16.5. The van der Waals surface area contributed by atoms with Crippen LogP contribution in [0, 0.1) is 5.41 Å². The van der Waals surface area contributed by atoms with E-state index in [2.05, 4.69) is 34.9 Å². The third-order valence-corrected chi connectivity index (χ3v) is 6.37. The SMILES string of the molecule is O=C(CCCCNC(=O)OCC1c2ccccc2-c2ccccc21)NCC1(C(=O)O)CC1. The number of unbranched alkanes of at least 4 members (excludes halogenated alkanes) is 1. The highest BCUT2D eigenvalue weighted by Gasteiger charge is 2.50. The number of hydrogen-bond acceptors (Lipinski definition) is 4. The standard InChI is InChI=1S/C25H28N2O5/c28-22(27-16-25(12-13-25)23(29)30)11-5-6-14-26-24(31)32-15-21-19-9-3-1-7-17(19)18-8-2-4-10-20(18)21/h1-4,7-10,21H,5-6,11-16H2,(H,26,31)(H,27,28)(H,29,30). The monoisotopic (exact) mass is 436 g/mol. The van der Waals surface area contributed by atoms with Crippen molar-refractivity contribution in [2.75, 3.05) is 19.7 Å². The summed E-state index contributed by atoms with van der Waals surface area (Å²) in [6.45, 7) is 0.885. The fraction of sp³-hybridized carbons (Fsp3) is 0.400. The molecule has 3 N–H and O–H groups in total.